The fourth-order valence-electron chi connectivity index (χ4n) is 5.10. The number of aryl methyl sites for hydroxylation is 1. The van der Waals surface area contributed by atoms with Crippen molar-refractivity contribution < 1.29 is 19.0 Å². The Morgan fingerprint density at radius 3 is 2.29 bits per heavy atom. The number of piperidine rings is 1. The molecule has 1 N–H and O–H groups in total. The molecule has 1 saturated carbocycles. The number of carbonyl (C=O) groups excluding carboxylic acids is 1. The molecule has 208 valence electrons. The lowest BCUT2D eigenvalue weighted by molar-refractivity contribution is 0.0121. The number of likely N-dealkylation sites (tertiary alicyclic amines) is 1. The first-order valence-electron chi connectivity index (χ1n) is 14.3. The number of benzene rings is 1. The predicted molar refractivity (Wildman–Crippen MR) is 148 cm³/mol. The van der Waals surface area contributed by atoms with Gasteiger partial charge in [-0.25, -0.2) is 4.79 Å². The highest BCUT2D eigenvalue weighted by Crippen LogP contribution is 2.28. The maximum atomic E-state index is 13.6. The Hall–Kier alpha value is -3.03. The SMILES string of the molecule is CCCCc1[nH]nc(OC2CCN(C(=O)OC(C)(C)C)CC2)c(=O)c1-c1ccc(OC2CCCCC2)cc1. The highest BCUT2D eigenvalue weighted by atomic mass is 16.6. The quantitative estimate of drug-likeness (QED) is 0.437. The molecule has 0 bridgehead atoms. The number of aromatic amines is 1. The zero-order valence-electron chi connectivity index (χ0n) is 23.4. The van der Waals surface area contributed by atoms with Gasteiger partial charge >= 0.3 is 6.09 Å². The number of H-pyrrole nitrogens is 1. The van der Waals surface area contributed by atoms with E-state index in [4.69, 9.17) is 14.2 Å². The van der Waals surface area contributed by atoms with E-state index < -0.39 is 5.60 Å². The Labute approximate surface area is 226 Å². The van der Waals surface area contributed by atoms with Crippen molar-refractivity contribution in [2.45, 2.75) is 110 Å². The fraction of sp³-hybridized carbons (Fsp3) is 0.633. The van der Waals surface area contributed by atoms with Gasteiger partial charge in [0.05, 0.1) is 11.7 Å². The summed E-state index contributed by atoms with van der Waals surface area (Å²) < 4.78 is 17.8. The summed E-state index contributed by atoms with van der Waals surface area (Å²) in [5.41, 5.74) is 1.53. The molecule has 8 nitrogen and oxygen atoms in total. The van der Waals surface area contributed by atoms with Crippen LogP contribution < -0.4 is 14.9 Å². The molecule has 38 heavy (non-hydrogen) atoms. The summed E-state index contributed by atoms with van der Waals surface area (Å²) in [6.45, 7) is 8.74. The van der Waals surface area contributed by atoms with Crippen molar-refractivity contribution in [2.24, 2.45) is 0 Å². The number of nitrogens with zero attached hydrogens (tertiary/aromatic N) is 2. The lowest BCUT2D eigenvalue weighted by atomic mass is 9.97. The van der Waals surface area contributed by atoms with Crippen molar-refractivity contribution in [3.8, 4) is 22.8 Å². The lowest BCUT2D eigenvalue weighted by Crippen LogP contribution is -2.44. The average Bonchev–Trinajstić information content (AvgIpc) is 2.89. The number of hydrogen-bond donors (Lipinski definition) is 1. The summed E-state index contributed by atoms with van der Waals surface area (Å²) in [6, 6.07) is 7.84. The van der Waals surface area contributed by atoms with E-state index in [2.05, 4.69) is 17.1 Å². The summed E-state index contributed by atoms with van der Waals surface area (Å²) in [4.78, 5) is 27.7. The first-order chi connectivity index (χ1) is 18.2. The van der Waals surface area contributed by atoms with Crippen LogP contribution in [0.2, 0.25) is 0 Å². The Morgan fingerprint density at radius 1 is 1.00 bits per heavy atom. The van der Waals surface area contributed by atoms with Crippen molar-refractivity contribution in [3.05, 3.63) is 40.2 Å². The molecule has 0 spiro atoms. The van der Waals surface area contributed by atoms with E-state index in [1.54, 1.807) is 4.90 Å². The average molecular weight is 526 g/mol. The van der Waals surface area contributed by atoms with Crippen molar-refractivity contribution in [1.29, 1.82) is 0 Å². The van der Waals surface area contributed by atoms with E-state index in [0.29, 0.717) is 31.5 Å². The largest absolute Gasteiger partial charge is 0.490 e. The normalized spacial score (nSPS) is 17.3. The van der Waals surface area contributed by atoms with Crippen molar-refractivity contribution in [1.82, 2.24) is 15.1 Å². The van der Waals surface area contributed by atoms with Gasteiger partial charge in [0.15, 0.2) is 0 Å². The Kier molecular flexibility index (Phi) is 9.34. The minimum Gasteiger partial charge on any atom is -0.490 e. The van der Waals surface area contributed by atoms with Crippen LogP contribution in [-0.4, -0.2) is 52.1 Å². The molecular formula is C30H43N3O5. The van der Waals surface area contributed by atoms with Gasteiger partial charge in [-0.2, -0.15) is 0 Å². The Bertz CT molecular complexity index is 1110. The van der Waals surface area contributed by atoms with Gasteiger partial charge in [-0.15, -0.1) is 5.10 Å². The molecule has 1 aliphatic carbocycles. The summed E-state index contributed by atoms with van der Waals surface area (Å²) in [7, 11) is 0. The first kappa shape index (κ1) is 28.0. The molecule has 4 rings (SSSR count). The van der Waals surface area contributed by atoms with Crippen LogP contribution in [0.5, 0.6) is 11.6 Å². The zero-order valence-corrected chi connectivity index (χ0v) is 23.4. The number of rotatable bonds is 8. The number of aromatic nitrogens is 2. The van der Waals surface area contributed by atoms with Crippen LogP contribution in [0.15, 0.2) is 29.1 Å². The first-order valence-corrected chi connectivity index (χ1v) is 14.3. The molecule has 8 heteroatoms. The van der Waals surface area contributed by atoms with Crippen LogP contribution in [0, 0.1) is 0 Å². The summed E-state index contributed by atoms with van der Waals surface area (Å²) >= 11 is 0. The smallest absolute Gasteiger partial charge is 0.410 e. The summed E-state index contributed by atoms with van der Waals surface area (Å²) in [5, 5.41) is 7.43. The van der Waals surface area contributed by atoms with Crippen molar-refractivity contribution >= 4 is 6.09 Å². The maximum absolute atomic E-state index is 13.6. The third-order valence-corrected chi connectivity index (χ3v) is 7.17. The standard InChI is InChI=1S/C30H43N3O5/c1-5-6-12-25-26(21-13-15-23(16-14-21)36-22-10-8-7-9-11-22)27(34)28(32-31-25)37-24-17-19-33(20-18-24)29(35)38-30(2,3)4/h13-16,22,24H,5-12,17-20H2,1-4H3,(H,31,34). The van der Waals surface area contributed by atoms with Gasteiger partial charge < -0.3 is 19.1 Å². The highest BCUT2D eigenvalue weighted by molar-refractivity contribution is 5.68. The minimum absolute atomic E-state index is 0.0819. The van der Waals surface area contributed by atoms with E-state index in [0.717, 1.165) is 49.1 Å². The van der Waals surface area contributed by atoms with Gasteiger partial charge in [0.1, 0.15) is 17.5 Å². The number of hydrogen-bond acceptors (Lipinski definition) is 6. The van der Waals surface area contributed by atoms with Gasteiger partial charge in [-0.05, 0) is 77.0 Å². The van der Waals surface area contributed by atoms with E-state index in [1.165, 1.54) is 19.3 Å². The molecule has 2 aromatic rings. The summed E-state index contributed by atoms with van der Waals surface area (Å²) in [6.07, 6.45) is 9.64. The third-order valence-electron chi connectivity index (χ3n) is 7.17. The summed E-state index contributed by atoms with van der Waals surface area (Å²) in [5.74, 6) is 0.924. The second kappa shape index (κ2) is 12.7. The van der Waals surface area contributed by atoms with E-state index in [-0.39, 0.29) is 29.6 Å². The van der Waals surface area contributed by atoms with E-state index in [9.17, 15) is 9.59 Å². The van der Waals surface area contributed by atoms with Crippen LogP contribution in [0.1, 0.15) is 91.2 Å². The molecule has 1 aromatic carbocycles. The second-order valence-electron chi connectivity index (χ2n) is 11.5. The number of unbranched alkanes of at least 4 members (excludes halogenated alkanes) is 1. The zero-order chi connectivity index (χ0) is 27.1. The van der Waals surface area contributed by atoms with Gasteiger partial charge in [0, 0.05) is 31.6 Å². The molecule has 1 saturated heterocycles. The van der Waals surface area contributed by atoms with Crippen LogP contribution in [0.4, 0.5) is 4.79 Å². The van der Waals surface area contributed by atoms with Crippen LogP contribution in [0.3, 0.4) is 0 Å². The topological polar surface area (TPSA) is 93.8 Å². The number of carbonyl (C=O) groups is 1. The minimum atomic E-state index is -0.530. The molecule has 2 heterocycles. The molecule has 1 aliphatic heterocycles. The Balaban J connectivity index is 1.47. The van der Waals surface area contributed by atoms with Crippen LogP contribution in [-0.2, 0) is 11.2 Å². The van der Waals surface area contributed by atoms with E-state index >= 15 is 0 Å². The molecular weight excluding hydrogens is 482 g/mol. The van der Waals surface area contributed by atoms with Crippen molar-refractivity contribution in [3.63, 3.8) is 0 Å². The molecule has 0 atom stereocenters. The third kappa shape index (κ3) is 7.51. The van der Waals surface area contributed by atoms with Crippen LogP contribution in [0.25, 0.3) is 11.1 Å². The van der Waals surface area contributed by atoms with Gasteiger partial charge in [0.25, 0.3) is 11.3 Å². The molecule has 2 fully saturated rings. The van der Waals surface area contributed by atoms with Gasteiger partial charge in [0.2, 0.25) is 0 Å². The van der Waals surface area contributed by atoms with Gasteiger partial charge in [-0.3, -0.25) is 9.89 Å². The van der Waals surface area contributed by atoms with E-state index in [1.807, 2.05) is 45.0 Å². The fourth-order valence-corrected chi connectivity index (χ4v) is 5.10. The number of amides is 1. The maximum Gasteiger partial charge on any atom is 0.410 e. The monoisotopic (exact) mass is 525 g/mol. The van der Waals surface area contributed by atoms with Gasteiger partial charge in [-0.1, -0.05) is 31.9 Å². The molecule has 1 aromatic heterocycles. The van der Waals surface area contributed by atoms with Crippen LogP contribution >= 0.6 is 0 Å². The molecule has 0 radical (unpaired) electrons. The molecule has 2 aliphatic rings. The lowest BCUT2D eigenvalue weighted by Gasteiger charge is -2.33. The molecule has 0 unspecified atom stereocenters. The number of ether oxygens (including phenoxy) is 3. The second-order valence-corrected chi connectivity index (χ2v) is 11.5. The number of nitrogens with one attached hydrogen (secondary N) is 1. The molecule has 1 amide bonds. The highest BCUT2D eigenvalue weighted by Gasteiger charge is 2.29. The predicted octanol–water partition coefficient (Wildman–Crippen LogP) is 6.27. The van der Waals surface area contributed by atoms with Crippen molar-refractivity contribution in [2.75, 3.05) is 13.1 Å². The Morgan fingerprint density at radius 2 is 1.66 bits per heavy atom.